The van der Waals surface area contributed by atoms with E-state index in [1.54, 1.807) is 6.07 Å². The standard InChI is InChI=1S/C10H14N6O2/c11-14-8-3-2-7(15-16-8)10(18)12-5-6-1-4-9(17)13-6/h2-3,6H,1,4-5,11H2,(H,12,18)(H,13,17)(H,14,16). The number of aromatic nitrogens is 2. The number of nitrogens with one attached hydrogen (secondary N) is 3. The van der Waals surface area contributed by atoms with Gasteiger partial charge in [-0.05, 0) is 18.6 Å². The van der Waals surface area contributed by atoms with Crippen molar-refractivity contribution in [2.45, 2.75) is 18.9 Å². The van der Waals surface area contributed by atoms with Crippen LogP contribution in [0.1, 0.15) is 23.3 Å². The predicted octanol–water partition coefficient (Wildman–Crippen LogP) is -1.23. The molecule has 8 nitrogen and oxygen atoms in total. The van der Waals surface area contributed by atoms with Gasteiger partial charge in [-0.2, -0.15) is 0 Å². The summed E-state index contributed by atoms with van der Waals surface area (Å²) in [4.78, 5) is 22.7. The molecule has 1 aliphatic rings. The molecular formula is C10H14N6O2. The summed E-state index contributed by atoms with van der Waals surface area (Å²) in [5.74, 6) is 5.22. The lowest BCUT2D eigenvalue weighted by Gasteiger charge is -2.10. The summed E-state index contributed by atoms with van der Waals surface area (Å²) in [6.45, 7) is 0.392. The fourth-order valence-electron chi connectivity index (χ4n) is 1.67. The third kappa shape index (κ3) is 2.92. The first-order valence-corrected chi connectivity index (χ1v) is 5.57. The van der Waals surface area contributed by atoms with Gasteiger partial charge in [-0.25, -0.2) is 5.84 Å². The Kier molecular flexibility index (Phi) is 3.68. The molecule has 1 aromatic rings. The average Bonchev–Trinajstić information content (AvgIpc) is 2.82. The maximum atomic E-state index is 11.7. The molecule has 2 rings (SSSR count). The van der Waals surface area contributed by atoms with Crippen molar-refractivity contribution >= 4 is 17.6 Å². The second-order valence-corrected chi connectivity index (χ2v) is 3.96. The Morgan fingerprint density at radius 1 is 1.50 bits per heavy atom. The van der Waals surface area contributed by atoms with Gasteiger partial charge >= 0.3 is 0 Å². The van der Waals surface area contributed by atoms with Gasteiger partial charge in [0.05, 0.1) is 0 Å². The maximum Gasteiger partial charge on any atom is 0.271 e. The molecule has 1 saturated heterocycles. The molecule has 1 unspecified atom stereocenters. The molecule has 96 valence electrons. The summed E-state index contributed by atoms with van der Waals surface area (Å²) in [6.07, 6.45) is 1.25. The average molecular weight is 250 g/mol. The molecular weight excluding hydrogens is 236 g/mol. The van der Waals surface area contributed by atoms with Crippen LogP contribution >= 0.6 is 0 Å². The van der Waals surface area contributed by atoms with Crippen molar-refractivity contribution in [3.05, 3.63) is 17.8 Å². The predicted molar refractivity (Wildman–Crippen MR) is 63.3 cm³/mol. The van der Waals surface area contributed by atoms with Crippen LogP contribution in [0.25, 0.3) is 0 Å². The van der Waals surface area contributed by atoms with E-state index < -0.39 is 0 Å². The van der Waals surface area contributed by atoms with E-state index >= 15 is 0 Å². The molecule has 0 spiro atoms. The third-order valence-corrected chi connectivity index (χ3v) is 2.64. The summed E-state index contributed by atoms with van der Waals surface area (Å²) in [5.41, 5.74) is 2.53. The highest BCUT2D eigenvalue weighted by molar-refractivity contribution is 5.92. The van der Waals surface area contributed by atoms with Crippen LogP contribution in [0.4, 0.5) is 5.82 Å². The minimum absolute atomic E-state index is 0.000564. The van der Waals surface area contributed by atoms with Crippen LogP contribution in [0.3, 0.4) is 0 Å². The Morgan fingerprint density at radius 2 is 2.33 bits per heavy atom. The number of nitrogens with two attached hydrogens (primary N) is 1. The first-order valence-electron chi connectivity index (χ1n) is 5.57. The topological polar surface area (TPSA) is 122 Å². The first-order chi connectivity index (χ1) is 8.69. The van der Waals surface area contributed by atoms with E-state index in [1.165, 1.54) is 6.07 Å². The fraction of sp³-hybridized carbons (Fsp3) is 0.400. The number of nitrogens with zero attached hydrogens (tertiary/aromatic N) is 2. The highest BCUT2D eigenvalue weighted by Crippen LogP contribution is 2.05. The Labute approximate surface area is 103 Å². The summed E-state index contributed by atoms with van der Waals surface area (Å²) in [6, 6.07) is 3.07. The van der Waals surface area contributed by atoms with Gasteiger partial charge < -0.3 is 16.1 Å². The van der Waals surface area contributed by atoms with Gasteiger partial charge in [-0.3, -0.25) is 9.59 Å². The van der Waals surface area contributed by atoms with Crippen LogP contribution in [-0.4, -0.2) is 34.6 Å². The van der Waals surface area contributed by atoms with Crippen LogP contribution in [0.2, 0.25) is 0 Å². The summed E-state index contributed by atoms with van der Waals surface area (Å²) >= 11 is 0. The van der Waals surface area contributed by atoms with Crippen molar-refractivity contribution in [1.82, 2.24) is 20.8 Å². The molecule has 8 heteroatoms. The molecule has 0 aliphatic carbocycles. The first kappa shape index (κ1) is 12.2. The third-order valence-electron chi connectivity index (χ3n) is 2.64. The van der Waals surface area contributed by atoms with Crippen molar-refractivity contribution < 1.29 is 9.59 Å². The van der Waals surface area contributed by atoms with Gasteiger partial charge in [0.1, 0.15) is 0 Å². The fourth-order valence-corrected chi connectivity index (χ4v) is 1.67. The van der Waals surface area contributed by atoms with Crippen molar-refractivity contribution in [3.63, 3.8) is 0 Å². The van der Waals surface area contributed by atoms with Gasteiger partial charge in [0, 0.05) is 19.0 Å². The van der Waals surface area contributed by atoms with Crippen LogP contribution < -0.4 is 21.9 Å². The lowest BCUT2D eigenvalue weighted by molar-refractivity contribution is -0.119. The monoisotopic (exact) mass is 250 g/mol. The molecule has 0 aromatic carbocycles. The Balaban J connectivity index is 1.85. The van der Waals surface area contributed by atoms with Gasteiger partial charge in [0.25, 0.3) is 5.91 Å². The van der Waals surface area contributed by atoms with E-state index in [0.29, 0.717) is 18.8 Å². The molecule has 0 bridgehead atoms. The maximum absolute atomic E-state index is 11.7. The van der Waals surface area contributed by atoms with E-state index in [1.807, 2.05) is 0 Å². The van der Waals surface area contributed by atoms with E-state index in [4.69, 9.17) is 5.84 Å². The van der Waals surface area contributed by atoms with E-state index in [2.05, 4.69) is 26.3 Å². The quantitative estimate of drug-likeness (QED) is 0.392. The number of carbonyl (C=O) groups excluding carboxylic acids is 2. The Morgan fingerprint density at radius 3 is 2.89 bits per heavy atom. The van der Waals surface area contributed by atoms with E-state index in [0.717, 1.165) is 6.42 Å². The molecule has 0 radical (unpaired) electrons. The summed E-state index contributed by atoms with van der Waals surface area (Å²) in [7, 11) is 0. The number of amides is 2. The van der Waals surface area contributed by atoms with Gasteiger partial charge in [-0.15, -0.1) is 10.2 Å². The highest BCUT2D eigenvalue weighted by Gasteiger charge is 2.21. The number of nitrogen functional groups attached to an aromatic ring is 1. The number of hydrogen-bond acceptors (Lipinski definition) is 6. The van der Waals surface area contributed by atoms with Gasteiger partial charge in [-0.1, -0.05) is 0 Å². The van der Waals surface area contributed by atoms with Crippen LogP contribution in [0, 0.1) is 0 Å². The van der Waals surface area contributed by atoms with Crippen molar-refractivity contribution in [1.29, 1.82) is 0 Å². The summed E-state index contributed by atoms with van der Waals surface area (Å²) < 4.78 is 0. The van der Waals surface area contributed by atoms with Crippen molar-refractivity contribution in [2.75, 3.05) is 12.0 Å². The molecule has 1 fully saturated rings. The zero-order valence-corrected chi connectivity index (χ0v) is 9.64. The van der Waals surface area contributed by atoms with Crippen LogP contribution in [0.15, 0.2) is 12.1 Å². The molecule has 1 aromatic heterocycles. The van der Waals surface area contributed by atoms with E-state index in [-0.39, 0.29) is 23.6 Å². The van der Waals surface area contributed by atoms with Crippen LogP contribution in [0.5, 0.6) is 0 Å². The second kappa shape index (κ2) is 5.41. The number of carbonyl (C=O) groups is 2. The number of hydrogen-bond donors (Lipinski definition) is 4. The lowest BCUT2D eigenvalue weighted by atomic mass is 10.2. The zero-order chi connectivity index (χ0) is 13.0. The Bertz CT molecular complexity index is 446. The smallest absolute Gasteiger partial charge is 0.271 e. The van der Waals surface area contributed by atoms with Gasteiger partial charge in [0.15, 0.2) is 11.5 Å². The normalized spacial score (nSPS) is 18.3. The number of rotatable bonds is 4. The largest absolute Gasteiger partial charge is 0.352 e. The van der Waals surface area contributed by atoms with Crippen LogP contribution in [-0.2, 0) is 4.79 Å². The molecule has 2 amide bonds. The SMILES string of the molecule is NNc1ccc(C(=O)NCC2CCC(=O)N2)nn1. The minimum Gasteiger partial charge on any atom is -0.352 e. The molecule has 2 heterocycles. The molecule has 18 heavy (non-hydrogen) atoms. The van der Waals surface area contributed by atoms with Crippen molar-refractivity contribution in [3.8, 4) is 0 Å². The zero-order valence-electron chi connectivity index (χ0n) is 9.64. The number of anilines is 1. The lowest BCUT2D eigenvalue weighted by Crippen LogP contribution is -2.38. The van der Waals surface area contributed by atoms with E-state index in [9.17, 15) is 9.59 Å². The Hall–Kier alpha value is -2.22. The summed E-state index contributed by atoms with van der Waals surface area (Å²) in [5, 5.41) is 12.9. The molecule has 5 N–H and O–H groups in total. The molecule has 0 saturated carbocycles. The highest BCUT2D eigenvalue weighted by atomic mass is 16.2. The minimum atomic E-state index is -0.327. The second-order valence-electron chi connectivity index (χ2n) is 3.96. The molecule has 1 atom stereocenters. The number of hydrazine groups is 1. The molecule has 1 aliphatic heterocycles. The van der Waals surface area contributed by atoms with Gasteiger partial charge in [0.2, 0.25) is 5.91 Å². The van der Waals surface area contributed by atoms with Crippen molar-refractivity contribution in [2.24, 2.45) is 5.84 Å².